The lowest BCUT2D eigenvalue weighted by Crippen LogP contribution is -2.60. The van der Waals surface area contributed by atoms with E-state index < -0.39 is 35.5 Å². The fourth-order valence-electron chi connectivity index (χ4n) is 5.91. The Balaban J connectivity index is 0.000000222. The molecule has 4 aromatic carbocycles. The number of nitrogens with zero attached hydrogens (tertiary/aromatic N) is 3. The maximum Gasteiger partial charge on any atom is 0.410 e. The van der Waals surface area contributed by atoms with E-state index in [1.807, 2.05) is 72.8 Å². The van der Waals surface area contributed by atoms with Gasteiger partial charge in [0.1, 0.15) is 49.0 Å². The van der Waals surface area contributed by atoms with E-state index >= 15 is 0 Å². The molecule has 2 heterocycles. The van der Waals surface area contributed by atoms with E-state index in [1.165, 1.54) is 23.8 Å². The summed E-state index contributed by atoms with van der Waals surface area (Å²) in [6, 6.07) is 34.3. The number of piperazine rings is 2. The lowest BCUT2D eigenvalue weighted by molar-refractivity contribution is -0.126. The second kappa shape index (κ2) is 23.0. The Labute approximate surface area is 371 Å². The van der Waals surface area contributed by atoms with Crippen LogP contribution >= 0.6 is 22.6 Å². The molecule has 2 aliphatic rings. The van der Waals surface area contributed by atoms with Crippen LogP contribution in [0.15, 0.2) is 109 Å². The van der Waals surface area contributed by atoms with Gasteiger partial charge in [0.15, 0.2) is 0 Å². The van der Waals surface area contributed by atoms with Gasteiger partial charge in [-0.1, -0.05) is 60.7 Å². The van der Waals surface area contributed by atoms with Crippen LogP contribution in [0.1, 0.15) is 52.7 Å². The van der Waals surface area contributed by atoms with Crippen LogP contribution in [0.2, 0.25) is 0 Å². The van der Waals surface area contributed by atoms with Gasteiger partial charge >= 0.3 is 12.2 Å². The van der Waals surface area contributed by atoms with Gasteiger partial charge in [0.25, 0.3) is 0 Å². The molecule has 0 spiro atoms. The average Bonchev–Trinajstić information content (AvgIpc) is 3.22. The summed E-state index contributed by atoms with van der Waals surface area (Å²) in [5, 5.41) is 21.4. The molecule has 0 aromatic heterocycles. The fourth-order valence-corrected chi connectivity index (χ4v) is 6.27. The first-order valence-corrected chi connectivity index (χ1v) is 21.0. The summed E-state index contributed by atoms with van der Waals surface area (Å²) >= 11 is 2.28. The summed E-state index contributed by atoms with van der Waals surface area (Å²) in [7, 11) is 0. The molecule has 2 atom stereocenters. The summed E-state index contributed by atoms with van der Waals surface area (Å²) in [4.78, 5) is 52.2. The van der Waals surface area contributed by atoms with Gasteiger partial charge in [-0.25, -0.2) is 9.59 Å². The van der Waals surface area contributed by atoms with E-state index in [-0.39, 0.29) is 51.2 Å². The standard InChI is InChI=1S/C23H28N2O5.C13H11IO.C10H18N2O4/c1-23(2,3)30-22(28)24-13-19(15-26)25(21(27)14-24)18-9-11-20(12-10-18)29-16-17-7-5-4-6-8-17;14-12-6-8-13(9-7-12)15-10-11-4-2-1-3-5-11;1-10(2,3)16-9(15)12-4-7(6-13)11-8(14)5-12/h4-12,19,26H,13-16H2,1-3H3;1-9H,10H2;7,13H,4-6H2,1-3H3,(H,11,14)/t19-;;7-/m1.1/s1. The van der Waals surface area contributed by atoms with Crippen molar-refractivity contribution < 1.29 is 48.3 Å². The van der Waals surface area contributed by atoms with Gasteiger partial charge in [0.2, 0.25) is 11.8 Å². The van der Waals surface area contributed by atoms with Crippen LogP contribution in [-0.2, 0) is 32.3 Å². The number of aliphatic hydroxyl groups excluding tert-OH is 2. The minimum Gasteiger partial charge on any atom is -0.489 e. The van der Waals surface area contributed by atoms with Crippen molar-refractivity contribution >= 4 is 52.3 Å². The maximum absolute atomic E-state index is 12.8. The molecule has 2 saturated heterocycles. The molecule has 2 fully saturated rings. The maximum atomic E-state index is 12.8. The van der Waals surface area contributed by atoms with E-state index in [4.69, 9.17) is 24.1 Å². The number of hydrogen-bond donors (Lipinski definition) is 3. The average molecular weight is 953 g/mol. The molecule has 328 valence electrons. The Morgan fingerprint density at radius 1 is 0.656 bits per heavy atom. The zero-order valence-corrected chi connectivity index (χ0v) is 37.7. The summed E-state index contributed by atoms with van der Waals surface area (Å²) in [6.07, 6.45) is -1.08. The molecule has 0 aliphatic carbocycles. The molecule has 6 rings (SSSR count). The number of aliphatic hydroxyl groups is 2. The highest BCUT2D eigenvalue weighted by Crippen LogP contribution is 2.26. The number of carbonyl (C=O) groups is 4. The van der Waals surface area contributed by atoms with E-state index in [0.29, 0.717) is 24.7 Å². The van der Waals surface area contributed by atoms with Gasteiger partial charge in [-0.3, -0.25) is 19.4 Å². The van der Waals surface area contributed by atoms with Crippen molar-refractivity contribution in [2.45, 2.75) is 78.0 Å². The highest BCUT2D eigenvalue weighted by atomic mass is 127. The molecule has 0 unspecified atom stereocenters. The zero-order chi connectivity index (χ0) is 44.6. The van der Waals surface area contributed by atoms with Crippen LogP contribution in [0, 0.1) is 3.57 Å². The normalized spacial score (nSPS) is 16.5. The third kappa shape index (κ3) is 16.9. The smallest absolute Gasteiger partial charge is 0.410 e. The number of rotatable bonds is 9. The van der Waals surface area contributed by atoms with Crippen molar-refractivity contribution in [2.75, 3.05) is 44.3 Å². The summed E-state index contributed by atoms with van der Waals surface area (Å²) < 4.78 is 23.2. The van der Waals surface area contributed by atoms with E-state index in [1.54, 1.807) is 65.8 Å². The van der Waals surface area contributed by atoms with Crippen LogP contribution in [-0.4, -0.2) is 107 Å². The monoisotopic (exact) mass is 952 g/mol. The number of hydrogen-bond acceptors (Lipinski definition) is 10. The molecule has 0 saturated carbocycles. The number of benzene rings is 4. The predicted octanol–water partition coefficient (Wildman–Crippen LogP) is 6.79. The second-order valence-electron chi connectivity index (χ2n) is 16.3. The van der Waals surface area contributed by atoms with E-state index in [9.17, 15) is 24.3 Å². The first kappa shape index (κ1) is 48.3. The van der Waals surface area contributed by atoms with Crippen LogP contribution < -0.4 is 19.7 Å². The first-order valence-electron chi connectivity index (χ1n) is 19.9. The number of anilines is 1. The second-order valence-corrected chi connectivity index (χ2v) is 17.5. The molecule has 4 amide bonds. The van der Waals surface area contributed by atoms with Crippen molar-refractivity contribution in [1.29, 1.82) is 0 Å². The molecule has 14 nitrogen and oxygen atoms in total. The lowest BCUT2D eigenvalue weighted by Gasteiger charge is -2.40. The number of amides is 4. The zero-order valence-electron chi connectivity index (χ0n) is 35.6. The molecular weight excluding hydrogens is 895 g/mol. The third-order valence-electron chi connectivity index (χ3n) is 8.69. The molecule has 61 heavy (non-hydrogen) atoms. The Bertz CT molecular complexity index is 1990. The van der Waals surface area contributed by atoms with Crippen molar-refractivity contribution in [3.05, 3.63) is 124 Å². The minimum atomic E-state index is -0.651. The minimum absolute atomic E-state index is 0.0224. The molecular formula is C46H57IN4O10. The molecule has 0 radical (unpaired) electrons. The Morgan fingerprint density at radius 3 is 1.56 bits per heavy atom. The van der Waals surface area contributed by atoms with Gasteiger partial charge in [0, 0.05) is 22.3 Å². The van der Waals surface area contributed by atoms with E-state index in [0.717, 1.165) is 11.3 Å². The Morgan fingerprint density at radius 2 is 1.11 bits per heavy atom. The van der Waals surface area contributed by atoms with Crippen molar-refractivity contribution in [3.8, 4) is 11.5 Å². The van der Waals surface area contributed by atoms with Crippen LogP contribution in [0.4, 0.5) is 15.3 Å². The molecule has 4 aromatic rings. The van der Waals surface area contributed by atoms with Gasteiger partial charge < -0.3 is 39.4 Å². The number of carbonyl (C=O) groups excluding carboxylic acids is 4. The summed E-state index contributed by atoms with van der Waals surface area (Å²) in [5.41, 5.74) is 1.67. The molecule has 2 aliphatic heterocycles. The van der Waals surface area contributed by atoms with Gasteiger partial charge in [0.05, 0.1) is 25.3 Å². The number of nitrogens with one attached hydrogen (secondary N) is 1. The molecule has 3 N–H and O–H groups in total. The van der Waals surface area contributed by atoms with Crippen molar-refractivity contribution in [1.82, 2.24) is 15.1 Å². The van der Waals surface area contributed by atoms with Gasteiger partial charge in [-0.15, -0.1) is 0 Å². The van der Waals surface area contributed by atoms with Crippen molar-refractivity contribution in [2.24, 2.45) is 0 Å². The van der Waals surface area contributed by atoms with Crippen LogP contribution in [0.5, 0.6) is 11.5 Å². The Kier molecular flexibility index (Phi) is 18.2. The third-order valence-corrected chi connectivity index (χ3v) is 9.41. The highest BCUT2D eigenvalue weighted by Gasteiger charge is 2.37. The highest BCUT2D eigenvalue weighted by molar-refractivity contribution is 14.1. The summed E-state index contributed by atoms with van der Waals surface area (Å²) in [5.74, 6) is 1.04. The Hall–Kier alpha value is -5.39. The lowest BCUT2D eigenvalue weighted by atomic mass is 10.1. The van der Waals surface area contributed by atoms with Crippen LogP contribution in [0.3, 0.4) is 0 Å². The quantitative estimate of drug-likeness (QED) is 0.152. The van der Waals surface area contributed by atoms with Gasteiger partial charge in [-0.05, 0) is 124 Å². The van der Waals surface area contributed by atoms with Crippen molar-refractivity contribution in [3.63, 3.8) is 0 Å². The summed E-state index contributed by atoms with van der Waals surface area (Å²) in [6.45, 7) is 11.6. The fraction of sp³-hybridized carbons (Fsp3) is 0.391. The number of halogens is 1. The topological polar surface area (TPSA) is 167 Å². The van der Waals surface area contributed by atoms with Gasteiger partial charge in [-0.2, -0.15) is 0 Å². The number of ether oxygens (including phenoxy) is 4. The largest absolute Gasteiger partial charge is 0.489 e. The van der Waals surface area contributed by atoms with E-state index in [2.05, 4.69) is 40.0 Å². The first-order chi connectivity index (χ1) is 28.9. The molecule has 0 bridgehead atoms. The molecule has 15 heteroatoms. The predicted molar refractivity (Wildman–Crippen MR) is 240 cm³/mol. The SMILES string of the molecule is CC(C)(C)OC(=O)N1CC(=O)N(c2ccc(OCc3ccccc3)cc2)[C@@H](CO)C1.CC(C)(C)OC(=O)N1CC(=O)N[C@@H](CO)C1.Ic1ccc(OCc2ccccc2)cc1. The van der Waals surface area contributed by atoms with Crippen LogP contribution in [0.25, 0.3) is 0 Å².